The summed E-state index contributed by atoms with van der Waals surface area (Å²) in [5, 5.41) is 0. The summed E-state index contributed by atoms with van der Waals surface area (Å²) < 4.78 is 16.2. The molecule has 0 radical (unpaired) electrons. The second kappa shape index (κ2) is 6.52. The van der Waals surface area contributed by atoms with Gasteiger partial charge in [0.2, 0.25) is 11.8 Å². The summed E-state index contributed by atoms with van der Waals surface area (Å²) in [5.41, 5.74) is -0.964. The van der Waals surface area contributed by atoms with Crippen LogP contribution in [-0.4, -0.2) is 51.6 Å². The van der Waals surface area contributed by atoms with Crippen molar-refractivity contribution in [2.45, 2.75) is 38.4 Å². The zero-order valence-corrected chi connectivity index (χ0v) is 15.2. The van der Waals surface area contributed by atoms with Crippen molar-refractivity contribution >= 4 is 23.8 Å². The molecule has 28 heavy (non-hydrogen) atoms. The minimum atomic E-state index is -1.53. The number of amides is 2. The third-order valence-corrected chi connectivity index (χ3v) is 5.13. The maximum absolute atomic E-state index is 13.2. The fourth-order valence-electron chi connectivity index (χ4n) is 4.09. The normalized spacial score (nSPS) is 30.1. The molecule has 1 aromatic heterocycles. The maximum atomic E-state index is 13.2. The number of likely N-dealkylation sites (tertiary alicyclic amines) is 1. The van der Waals surface area contributed by atoms with Crippen molar-refractivity contribution in [3.63, 3.8) is 0 Å². The van der Waals surface area contributed by atoms with Crippen molar-refractivity contribution in [2.24, 2.45) is 11.8 Å². The SMILES string of the molecule is CC(=O)OC(OC(C)=O)[C@@]12C=C[C@@H](O1)[C@@H]1C(=O)N(Cc3ccccn3)C(=O)[C@@H]12. The molecule has 0 spiro atoms. The molecule has 9 nitrogen and oxygen atoms in total. The third kappa shape index (κ3) is 2.70. The van der Waals surface area contributed by atoms with Crippen LogP contribution in [0.15, 0.2) is 36.5 Å². The first-order valence-corrected chi connectivity index (χ1v) is 8.80. The van der Waals surface area contributed by atoms with E-state index in [2.05, 4.69) is 4.98 Å². The number of hydrogen-bond acceptors (Lipinski definition) is 8. The Morgan fingerprint density at radius 1 is 1.21 bits per heavy atom. The van der Waals surface area contributed by atoms with Gasteiger partial charge in [-0.2, -0.15) is 0 Å². The Kier molecular flexibility index (Phi) is 4.26. The van der Waals surface area contributed by atoms with Crippen LogP contribution in [0.1, 0.15) is 19.5 Å². The second-order valence-corrected chi connectivity index (χ2v) is 6.93. The molecule has 4 atom stereocenters. The minimum absolute atomic E-state index is 0.0279. The van der Waals surface area contributed by atoms with E-state index < -0.39 is 47.7 Å². The van der Waals surface area contributed by atoms with Crippen molar-refractivity contribution in [1.29, 1.82) is 0 Å². The summed E-state index contributed by atoms with van der Waals surface area (Å²) in [5.74, 6) is -3.99. The van der Waals surface area contributed by atoms with Gasteiger partial charge in [-0.1, -0.05) is 12.1 Å². The monoisotopic (exact) mass is 386 g/mol. The first-order valence-electron chi connectivity index (χ1n) is 8.80. The highest BCUT2D eigenvalue weighted by molar-refractivity contribution is 6.07. The molecule has 2 bridgehead atoms. The number of hydrogen-bond donors (Lipinski definition) is 0. The molecule has 4 rings (SSSR count). The van der Waals surface area contributed by atoms with Crippen LogP contribution in [0.4, 0.5) is 0 Å². The average Bonchev–Trinajstić information content (AvgIpc) is 3.29. The zero-order chi connectivity index (χ0) is 20.1. The van der Waals surface area contributed by atoms with Crippen LogP contribution in [0.5, 0.6) is 0 Å². The van der Waals surface area contributed by atoms with Crippen molar-refractivity contribution < 1.29 is 33.4 Å². The smallest absolute Gasteiger partial charge is 0.305 e. The van der Waals surface area contributed by atoms with Crippen molar-refractivity contribution in [3.05, 3.63) is 42.2 Å². The van der Waals surface area contributed by atoms with Gasteiger partial charge < -0.3 is 14.2 Å². The lowest BCUT2D eigenvalue weighted by molar-refractivity contribution is -0.227. The van der Waals surface area contributed by atoms with Crippen LogP contribution >= 0.6 is 0 Å². The van der Waals surface area contributed by atoms with Crippen LogP contribution in [0.25, 0.3) is 0 Å². The van der Waals surface area contributed by atoms with Crippen molar-refractivity contribution in [3.8, 4) is 0 Å². The number of carbonyl (C=O) groups is 4. The van der Waals surface area contributed by atoms with Crippen LogP contribution in [0.3, 0.4) is 0 Å². The lowest BCUT2D eigenvalue weighted by Gasteiger charge is -2.34. The maximum Gasteiger partial charge on any atom is 0.305 e. The van der Waals surface area contributed by atoms with Gasteiger partial charge in [0, 0.05) is 20.0 Å². The molecule has 0 N–H and O–H groups in total. The van der Waals surface area contributed by atoms with Gasteiger partial charge in [0.15, 0.2) is 5.60 Å². The molecule has 0 saturated carbocycles. The molecule has 2 amide bonds. The van der Waals surface area contributed by atoms with E-state index in [-0.39, 0.29) is 12.5 Å². The number of aromatic nitrogens is 1. The molecule has 2 fully saturated rings. The topological polar surface area (TPSA) is 112 Å². The minimum Gasteiger partial charge on any atom is -0.422 e. The quantitative estimate of drug-likeness (QED) is 0.308. The summed E-state index contributed by atoms with van der Waals surface area (Å²) in [6, 6.07) is 5.22. The number of carbonyl (C=O) groups excluding carboxylic acids is 4. The molecule has 9 heteroatoms. The molecular formula is C19H18N2O7. The van der Waals surface area contributed by atoms with Crippen LogP contribution in [0.2, 0.25) is 0 Å². The summed E-state index contributed by atoms with van der Waals surface area (Å²) in [6.45, 7) is 2.34. The Morgan fingerprint density at radius 3 is 2.54 bits per heavy atom. The number of esters is 2. The molecule has 1 aromatic rings. The van der Waals surface area contributed by atoms with Crippen LogP contribution in [0, 0.1) is 11.8 Å². The second-order valence-electron chi connectivity index (χ2n) is 6.93. The molecule has 4 heterocycles. The highest BCUT2D eigenvalue weighted by Crippen LogP contribution is 2.54. The van der Waals surface area contributed by atoms with Gasteiger partial charge >= 0.3 is 11.9 Å². The van der Waals surface area contributed by atoms with E-state index in [9.17, 15) is 19.2 Å². The van der Waals surface area contributed by atoms with E-state index in [4.69, 9.17) is 14.2 Å². The van der Waals surface area contributed by atoms with E-state index in [1.165, 1.54) is 0 Å². The van der Waals surface area contributed by atoms with E-state index in [1.54, 1.807) is 36.5 Å². The Hall–Kier alpha value is -3.07. The number of rotatable bonds is 5. The highest BCUT2D eigenvalue weighted by Gasteiger charge is 2.71. The van der Waals surface area contributed by atoms with Gasteiger partial charge in [0.25, 0.3) is 6.29 Å². The molecular weight excluding hydrogens is 368 g/mol. The summed E-state index contributed by atoms with van der Waals surface area (Å²) in [4.78, 5) is 54.5. The molecule has 2 saturated heterocycles. The number of pyridine rings is 1. The van der Waals surface area contributed by atoms with Crippen LogP contribution in [-0.2, 0) is 39.9 Å². The van der Waals surface area contributed by atoms with E-state index >= 15 is 0 Å². The van der Waals surface area contributed by atoms with E-state index in [0.29, 0.717) is 5.69 Å². The fraction of sp³-hybridized carbons (Fsp3) is 0.421. The lowest BCUT2D eigenvalue weighted by atomic mass is 9.76. The first kappa shape index (κ1) is 18.3. The van der Waals surface area contributed by atoms with Gasteiger partial charge in [-0.05, 0) is 18.2 Å². The Balaban J connectivity index is 1.67. The average molecular weight is 386 g/mol. The number of ether oxygens (including phenoxy) is 3. The molecule has 0 aromatic carbocycles. The molecule has 3 aliphatic heterocycles. The number of imide groups is 1. The van der Waals surface area contributed by atoms with E-state index in [0.717, 1.165) is 18.7 Å². The standard InChI is InChI=1S/C19H18N2O7/c1-10(22)26-18(27-11(2)23)19-7-6-13(28-19)14-15(19)17(25)21(16(14)24)9-12-5-3-4-8-20-12/h3-8,13-15,18H,9H2,1-2H3/t13-,14+,15-,19+/m1/s1. The van der Waals surface area contributed by atoms with Gasteiger partial charge in [-0.25, -0.2) is 0 Å². The Morgan fingerprint density at radius 2 is 1.93 bits per heavy atom. The van der Waals surface area contributed by atoms with Crippen LogP contribution < -0.4 is 0 Å². The Labute approximate surface area is 160 Å². The third-order valence-electron chi connectivity index (χ3n) is 5.13. The van der Waals surface area contributed by atoms with E-state index in [1.807, 2.05) is 0 Å². The molecule has 3 aliphatic rings. The molecule has 0 aliphatic carbocycles. The largest absolute Gasteiger partial charge is 0.422 e. The predicted octanol–water partition coefficient (Wildman–Crippen LogP) is 0.342. The first-order chi connectivity index (χ1) is 13.3. The zero-order valence-electron chi connectivity index (χ0n) is 15.2. The van der Waals surface area contributed by atoms with Crippen molar-refractivity contribution in [2.75, 3.05) is 0 Å². The molecule has 146 valence electrons. The number of nitrogens with zero attached hydrogens (tertiary/aromatic N) is 2. The summed E-state index contributed by atoms with van der Waals surface area (Å²) in [7, 11) is 0. The predicted molar refractivity (Wildman–Crippen MR) is 90.8 cm³/mol. The fourth-order valence-corrected chi connectivity index (χ4v) is 4.09. The summed E-state index contributed by atoms with van der Waals surface area (Å²) >= 11 is 0. The summed E-state index contributed by atoms with van der Waals surface area (Å²) in [6.07, 6.45) is 2.63. The molecule has 0 unspecified atom stereocenters. The van der Waals surface area contributed by atoms with Crippen molar-refractivity contribution in [1.82, 2.24) is 9.88 Å². The lowest BCUT2D eigenvalue weighted by Crippen LogP contribution is -2.52. The van der Waals surface area contributed by atoms with Gasteiger partial charge in [0.1, 0.15) is 0 Å². The van der Waals surface area contributed by atoms with Gasteiger partial charge in [-0.15, -0.1) is 0 Å². The number of fused-ring (bicyclic) bond motifs is 5. The Bertz CT molecular complexity index is 868. The van der Waals surface area contributed by atoms with Gasteiger partial charge in [0.05, 0.1) is 30.2 Å². The van der Waals surface area contributed by atoms with Gasteiger partial charge in [-0.3, -0.25) is 29.1 Å². The highest BCUT2D eigenvalue weighted by atomic mass is 16.7.